The number of ether oxygens (including phenoxy) is 1. The number of amides is 2. The number of rotatable bonds is 4. The molecule has 0 radical (unpaired) electrons. The maximum absolute atomic E-state index is 12.7. The molecule has 134 valence electrons. The Morgan fingerprint density at radius 2 is 2.28 bits per heavy atom. The highest BCUT2D eigenvalue weighted by Crippen LogP contribution is 2.25. The topological polar surface area (TPSA) is 72.3 Å². The van der Waals surface area contributed by atoms with E-state index in [-0.39, 0.29) is 18.1 Å². The SMILES string of the molecule is COc1cnccc1[C@@H](C)NC(=O)N1CCC[C@H](n2cc(C)cn2)C1. The lowest BCUT2D eigenvalue weighted by Gasteiger charge is -2.33. The standard InChI is InChI=1S/C18H25N5O2/c1-13-9-20-23(11-13)15-5-4-8-22(12-15)18(24)21-14(2)16-6-7-19-10-17(16)25-3/h6-7,9-11,14-15H,4-5,8,12H2,1-3H3,(H,21,24)/t14-,15+/m1/s1. The van der Waals surface area contributed by atoms with Crippen molar-refractivity contribution in [3.05, 3.63) is 42.0 Å². The van der Waals surface area contributed by atoms with E-state index in [9.17, 15) is 4.79 Å². The van der Waals surface area contributed by atoms with Gasteiger partial charge in [0.25, 0.3) is 0 Å². The molecular formula is C18H25N5O2. The monoisotopic (exact) mass is 343 g/mol. The van der Waals surface area contributed by atoms with Crippen LogP contribution in [0.4, 0.5) is 4.79 Å². The van der Waals surface area contributed by atoms with Crippen LogP contribution in [0, 0.1) is 6.92 Å². The molecule has 0 bridgehead atoms. The summed E-state index contributed by atoms with van der Waals surface area (Å²) in [7, 11) is 1.61. The fourth-order valence-corrected chi connectivity index (χ4v) is 3.26. The van der Waals surface area contributed by atoms with Crippen LogP contribution in [-0.4, -0.2) is 45.9 Å². The van der Waals surface area contributed by atoms with Gasteiger partial charge in [0.15, 0.2) is 0 Å². The first-order chi connectivity index (χ1) is 12.1. The molecule has 1 saturated heterocycles. The molecule has 25 heavy (non-hydrogen) atoms. The molecule has 7 heteroatoms. The van der Waals surface area contributed by atoms with Crippen molar-refractivity contribution >= 4 is 6.03 Å². The smallest absolute Gasteiger partial charge is 0.317 e. The molecule has 7 nitrogen and oxygen atoms in total. The van der Waals surface area contributed by atoms with Crippen LogP contribution >= 0.6 is 0 Å². The average molecular weight is 343 g/mol. The molecule has 0 spiro atoms. The Morgan fingerprint density at radius 1 is 1.44 bits per heavy atom. The molecule has 0 saturated carbocycles. The molecule has 1 fully saturated rings. The Bertz CT molecular complexity index is 730. The number of nitrogens with one attached hydrogen (secondary N) is 1. The van der Waals surface area contributed by atoms with E-state index in [1.54, 1.807) is 19.5 Å². The first-order valence-corrected chi connectivity index (χ1v) is 8.62. The van der Waals surface area contributed by atoms with Crippen LogP contribution in [0.2, 0.25) is 0 Å². The Morgan fingerprint density at radius 3 is 3.00 bits per heavy atom. The van der Waals surface area contributed by atoms with Crippen molar-refractivity contribution in [1.29, 1.82) is 0 Å². The number of urea groups is 1. The van der Waals surface area contributed by atoms with E-state index >= 15 is 0 Å². The third kappa shape index (κ3) is 3.92. The zero-order valence-corrected chi connectivity index (χ0v) is 15.0. The van der Waals surface area contributed by atoms with Crippen LogP contribution in [0.5, 0.6) is 5.75 Å². The second kappa shape index (κ2) is 7.55. The largest absolute Gasteiger partial charge is 0.495 e. The van der Waals surface area contributed by atoms with Gasteiger partial charge in [0.1, 0.15) is 5.75 Å². The average Bonchev–Trinajstić information content (AvgIpc) is 3.08. The zero-order valence-electron chi connectivity index (χ0n) is 15.0. The lowest BCUT2D eigenvalue weighted by atomic mass is 10.1. The summed E-state index contributed by atoms with van der Waals surface area (Å²) in [5.41, 5.74) is 2.06. The van der Waals surface area contributed by atoms with Crippen LogP contribution < -0.4 is 10.1 Å². The van der Waals surface area contributed by atoms with Gasteiger partial charge >= 0.3 is 6.03 Å². The van der Waals surface area contributed by atoms with Gasteiger partial charge in [-0.1, -0.05) is 0 Å². The molecule has 2 atom stereocenters. The van der Waals surface area contributed by atoms with E-state index in [0.29, 0.717) is 12.3 Å². The number of hydrogen-bond donors (Lipinski definition) is 1. The van der Waals surface area contributed by atoms with Gasteiger partial charge in [-0.2, -0.15) is 5.10 Å². The summed E-state index contributed by atoms with van der Waals surface area (Å²) in [6.07, 6.45) is 9.28. The van der Waals surface area contributed by atoms with Crippen LogP contribution in [0.1, 0.15) is 43.0 Å². The summed E-state index contributed by atoms with van der Waals surface area (Å²) in [5, 5.41) is 7.47. The van der Waals surface area contributed by atoms with Crippen molar-refractivity contribution in [3.63, 3.8) is 0 Å². The Kier molecular flexibility index (Phi) is 5.21. The van der Waals surface area contributed by atoms with E-state index in [2.05, 4.69) is 15.4 Å². The lowest BCUT2D eigenvalue weighted by Crippen LogP contribution is -2.46. The van der Waals surface area contributed by atoms with Crippen molar-refractivity contribution < 1.29 is 9.53 Å². The van der Waals surface area contributed by atoms with E-state index in [0.717, 1.165) is 30.5 Å². The highest BCUT2D eigenvalue weighted by molar-refractivity contribution is 5.75. The number of piperidine rings is 1. The van der Waals surface area contributed by atoms with Gasteiger partial charge in [0.05, 0.1) is 31.6 Å². The van der Waals surface area contributed by atoms with E-state index in [1.807, 2.05) is 41.9 Å². The summed E-state index contributed by atoms with van der Waals surface area (Å²) < 4.78 is 7.31. The molecule has 2 amide bonds. The fourth-order valence-electron chi connectivity index (χ4n) is 3.26. The van der Waals surface area contributed by atoms with Gasteiger partial charge in [-0.05, 0) is 38.3 Å². The van der Waals surface area contributed by atoms with Crippen molar-refractivity contribution in [2.45, 2.75) is 38.8 Å². The predicted molar refractivity (Wildman–Crippen MR) is 94.5 cm³/mol. The summed E-state index contributed by atoms with van der Waals surface area (Å²) in [4.78, 5) is 18.6. The highest BCUT2D eigenvalue weighted by Gasteiger charge is 2.26. The molecule has 1 aliphatic rings. The normalized spacial score (nSPS) is 18.7. The van der Waals surface area contributed by atoms with Crippen molar-refractivity contribution in [2.75, 3.05) is 20.2 Å². The second-order valence-electron chi connectivity index (χ2n) is 6.53. The van der Waals surface area contributed by atoms with Gasteiger partial charge in [-0.3, -0.25) is 9.67 Å². The third-order valence-corrected chi connectivity index (χ3v) is 4.63. The number of methoxy groups -OCH3 is 1. The third-order valence-electron chi connectivity index (χ3n) is 4.63. The summed E-state index contributed by atoms with van der Waals surface area (Å²) >= 11 is 0. The van der Waals surface area contributed by atoms with Gasteiger partial charge in [0.2, 0.25) is 0 Å². The molecular weight excluding hydrogens is 318 g/mol. The minimum atomic E-state index is -0.155. The lowest BCUT2D eigenvalue weighted by molar-refractivity contribution is 0.160. The number of carbonyl (C=O) groups is 1. The number of aromatic nitrogens is 3. The summed E-state index contributed by atoms with van der Waals surface area (Å²) in [6, 6.07) is 1.90. The van der Waals surface area contributed by atoms with Crippen molar-refractivity contribution in [3.8, 4) is 5.75 Å². The second-order valence-corrected chi connectivity index (χ2v) is 6.53. The van der Waals surface area contributed by atoms with Crippen molar-refractivity contribution in [2.24, 2.45) is 0 Å². The number of pyridine rings is 1. The molecule has 1 aliphatic heterocycles. The first-order valence-electron chi connectivity index (χ1n) is 8.62. The van der Waals surface area contributed by atoms with E-state index in [1.165, 1.54) is 0 Å². The molecule has 1 N–H and O–H groups in total. The number of aryl methyl sites for hydroxylation is 1. The number of likely N-dealkylation sites (tertiary alicyclic amines) is 1. The molecule has 2 aromatic heterocycles. The number of nitrogens with zero attached hydrogens (tertiary/aromatic N) is 4. The molecule has 0 aliphatic carbocycles. The highest BCUT2D eigenvalue weighted by atomic mass is 16.5. The fraction of sp³-hybridized carbons (Fsp3) is 0.500. The zero-order chi connectivity index (χ0) is 17.8. The molecule has 3 rings (SSSR count). The Labute approximate surface area is 148 Å². The van der Waals surface area contributed by atoms with Crippen LogP contribution in [0.3, 0.4) is 0 Å². The van der Waals surface area contributed by atoms with Crippen molar-refractivity contribution in [1.82, 2.24) is 25.0 Å². The summed E-state index contributed by atoms with van der Waals surface area (Å²) in [6.45, 7) is 5.42. The minimum Gasteiger partial charge on any atom is -0.495 e. The van der Waals surface area contributed by atoms with Gasteiger partial charge in [0, 0.05) is 31.0 Å². The maximum Gasteiger partial charge on any atom is 0.317 e. The van der Waals surface area contributed by atoms with Crippen LogP contribution in [0.25, 0.3) is 0 Å². The Balaban J connectivity index is 1.64. The first kappa shape index (κ1) is 17.3. The van der Waals surface area contributed by atoms with Crippen LogP contribution in [0.15, 0.2) is 30.9 Å². The van der Waals surface area contributed by atoms with Gasteiger partial charge in [-0.15, -0.1) is 0 Å². The van der Waals surface area contributed by atoms with E-state index < -0.39 is 0 Å². The van der Waals surface area contributed by atoms with Crippen LogP contribution in [-0.2, 0) is 0 Å². The minimum absolute atomic E-state index is 0.0556. The predicted octanol–water partition coefficient (Wildman–Crippen LogP) is 2.70. The van der Waals surface area contributed by atoms with E-state index in [4.69, 9.17) is 4.74 Å². The number of carbonyl (C=O) groups excluding carboxylic acids is 1. The number of hydrogen-bond acceptors (Lipinski definition) is 4. The molecule has 2 aromatic rings. The molecule has 0 unspecified atom stereocenters. The quantitative estimate of drug-likeness (QED) is 0.926. The molecule has 0 aromatic carbocycles. The maximum atomic E-state index is 12.7. The van der Waals surface area contributed by atoms with Gasteiger partial charge in [-0.25, -0.2) is 4.79 Å². The molecule has 3 heterocycles. The van der Waals surface area contributed by atoms with Gasteiger partial charge < -0.3 is 15.0 Å². The summed E-state index contributed by atoms with van der Waals surface area (Å²) in [5.74, 6) is 0.679. The Hall–Kier alpha value is -2.57.